The van der Waals surface area contributed by atoms with Gasteiger partial charge in [-0.25, -0.2) is 0 Å². The maximum absolute atomic E-state index is 7.18. The van der Waals surface area contributed by atoms with Gasteiger partial charge >= 0.3 is 0 Å². The lowest BCUT2D eigenvalue weighted by Crippen LogP contribution is -2.34. The zero-order chi connectivity index (χ0) is 6.78. The molecular formula is C4H10N2S. The Morgan fingerprint density at radius 2 is 2.43 bits per heavy atom. The second-order valence-electron chi connectivity index (χ2n) is 1.49. The van der Waals surface area contributed by atoms with Gasteiger partial charge in [0, 0.05) is 6.02 Å². The molecule has 0 saturated carbocycles. The zero-order valence-corrected chi connectivity index (χ0v) is 5.30. The zero-order valence-electron chi connectivity index (χ0n) is 5.49. The minimum Gasteiger partial charge on any atom is -0.376 e. The van der Waals surface area contributed by atoms with E-state index in [4.69, 9.17) is 7.10 Å². The van der Waals surface area contributed by atoms with E-state index in [1.165, 1.54) is 0 Å². The van der Waals surface area contributed by atoms with Crippen LogP contribution < -0.4 is 11.1 Å². The molecule has 2 nitrogen and oxygen atoms in total. The Morgan fingerprint density at radius 3 is 2.43 bits per heavy atom. The molecule has 0 radical (unpaired) electrons. The van der Waals surface area contributed by atoms with Gasteiger partial charge in [-0.2, -0.15) is 0 Å². The summed E-state index contributed by atoms with van der Waals surface area (Å²) in [6.07, 6.45) is 0. The van der Waals surface area contributed by atoms with Gasteiger partial charge in [-0.05, 0) is 26.1 Å². The molecule has 3 heteroatoms. The molecule has 3 N–H and O–H groups in total. The molecule has 7 heavy (non-hydrogen) atoms. The smallest absolute Gasteiger partial charge is 0.163 e. The summed E-state index contributed by atoms with van der Waals surface area (Å²) in [6.45, 7) is 3.35. The summed E-state index contributed by atoms with van der Waals surface area (Å²) in [6, 6.07) is -0.744. The molecular weight excluding hydrogens is 108 g/mol. The Morgan fingerprint density at radius 1 is 2.00 bits per heavy atom. The van der Waals surface area contributed by atoms with Crippen molar-refractivity contribution in [2.75, 3.05) is 0 Å². The van der Waals surface area contributed by atoms with Gasteiger partial charge in [0.05, 0.1) is 1.37 Å². The van der Waals surface area contributed by atoms with Crippen LogP contribution >= 0.6 is 12.2 Å². The van der Waals surface area contributed by atoms with Crippen LogP contribution in [0, 0.1) is 0 Å². The van der Waals surface area contributed by atoms with Crippen LogP contribution in [0.5, 0.6) is 0 Å². The molecule has 0 aliphatic carbocycles. The molecule has 0 rings (SSSR count). The van der Waals surface area contributed by atoms with E-state index in [0.29, 0.717) is 0 Å². The lowest BCUT2D eigenvalue weighted by atomic mass is 10.4. The van der Waals surface area contributed by atoms with E-state index in [-0.39, 0.29) is 5.11 Å². The summed E-state index contributed by atoms with van der Waals surface area (Å²) >= 11 is 4.49. The average molecular weight is 120 g/mol. The number of nitrogens with two attached hydrogens (primary N) is 1. The Labute approximate surface area is 50.5 Å². The monoisotopic (exact) mass is 120 g/mol. The van der Waals surface area contributed by atoms with Gasteiger partial charge in [0.15, 0.2) is 5.11 Å². The quantitative estimate of drug-likeness (QED) is 0.486. The van der Waals surface area contributed by atoms with Crippen LogP contribution in [-0.4, -0.2) is 11.1 Å². The minimum atomic E-state index is -0.744. The van der Waals surface area contributed by atoms with Gasteiger partial charge < -0.3 is 11.1 Å². The number of rotatable bonds is 1. The molecule has 0 fully saturated rings. The van der Waals surface area contributed by atoms with Crippen molar-refractivity contribution in [1.82, 2.24) is 5.32 Å². The fourth-order valence-electron chi connectivity index (χ4n) is 0.246. The van der Waals surface area contributed by atoms with E-state index in [1.807, 2.05) is 0 Å². The van der Waals surface area contributed by atoms with Crippen molar-refractivity contribution in [1.29, 1.82) is 0 Å². The first-order valence-electron chi connectivity index (χ1n) is 2.49. The number of hydrogen-bond acceptors (Lipinski definition) is 1. The molecule has 0 bridgehead atoms. The van der Waals surface area contributed by atoms with Gasteiger partial charge in [-0.15, -0.1) is 0 Å². The van der Waals surface area contributed by atoms with Crippen molar-refractivity contribution in [3.63, 3.8) is 0 Å². The van der Waals surface area contributed by atoms with Crippen molar-refractivity contribution in [2.24, 2.45) is 5.73 Å². The van der Waals surface area contributed by atoms with Crippen molar-refractivity contribution >= 4 is 17.3 Å². The van der Waals surface area contributed by atoms with Crippen LogP contribution in [0.3, 0.4) is 0 Å². The average Bonchev–Trinajstić information content (AvgIpc) is 1.21. The summed E-state index contributed by atoms with van der Waals surface area (Å²) in [5, 5.41) is 2.73. The molecule has 0 heterocycles. The minimum absolute atomic E-state index is 0.171. The van der Waals surface area contributed by atoms with Crippen LogP contribution in [0.2, 0.25) is 0 Å². The highest BCUT2D eigenvalue weighted by atomic mass is 32.1. The second-order valence-corrected chi connectivity index (χ2v) is 1.93. The summed E-state index contributed by atoms with van der Waals surface area (Å²) in [5.74, 6) is 0. The lowest BCUT2D eigenvalue weighted by molar-refractivity contribution is 0.736. The van der Waals surface area contributed by atoms with Crippen LogP contribution in [0.1, 0.15) is 15.2 Å². The summed E-state index contributed by atoms with van der Waals surface area (Å²) in [4.78, 5) is 0. The van der Waals surface area contributed by atoms with Crippen LogP contribution in [0.4, 0.5) is 0 Å². The van der Waals surface area contributed by atoms with Crippen LogP contribution in [0.15, 0.2) is 0 Å². The fraction of sp³-hybridized carbons (Fsp3) is 0.750. The van der Waals surface area contributed by atoms with Gasteiger partial charge in [-0.3, -0.25) is 0 Å². The standard InChI is InChI=1S/C4H10N2S/c1-3(2)6-4(5)7/h3H,1-2H3,(H3,5,6,7)/i3T. The van der Waals surface area contributed by atoms with E-state index in [2.05, 4.69) is 17.5 Å². The number of thiocarbonyl (C=S) groups is 1. The second kappa shape index (κ2) is 2.80. The maximum Gasteiger partial charge on any atom is 0.163 e. The molecule has 0 unspecified atom stereocenters. The Bertz CT molecular complexity index is 96.7. The molecule has 0 atom stereocenters. The first-order chi connectivity index (χ1) is 3.42. The van der Waals surface area contributed by atoms with Gasteiger partial charge in [0.2, 0.25) is 0 Å². The third-order valence-electron chi connectivity index (χ3n) is 0.373. The predicted molar refractivity (Wildman–Crippen MR) is 35.1 cm³/mol. The van der Waals surface area contributed by atoms with Gasteiger partial charge in [-0.1, -0.05) is 0 Å². The van der Waals surface area contributed by atoms with Crippen molar-refractivity contribution < 1.29 is 1.37 Å². The van der Waals surface area contributed by atoms with E-state index in [9.17, 15) is 0 Å². The molecule has 0 aliphatic heterocycles. The van der Waals surface area contributed by atoms with Crippen molar-refractivity contribution in [2.45, 2.75) is 19.9 Å². The first kappa shape index (κ1) is 4.84. The molecule has 42 valence electrons. The molecule has 0 aromatic carbocycles. The van der Waals surface area contributed by atoms with Crippen molar-refractivity contribution in [3.05, 3.63) is 0 Å². The number of hydrogen-bond donors (Lipinski definition) is 2. The molecule has 0 aromatic rings. The normalized spacial score (nSPS) is 12.6. The Balaban J connectivity index is 3.55. The third-order valence-corrected chi connectivity index (χ3v) is 0.475. The van der Waals surface area contributed by atoms with E-state index in [1.54, 1.807) is 13.8 Å². The van der Waals surface area contributed by atoms with Gasteiger partial charge in [0.1, 0.15) is 0 Å². The van der Waals surface area contributed by atoms with E-state index >= 15 is 0 Å². The largest absolute Gasteiger partial charge is 0.376 e. The molecule has 0 aliphatic rings. The lowest BCUT2D eigenvalue weighted by Gasteiger charge is -2.04. The van der Waals surface area contributed by atoms with E-state index < -0.39 is 6.02 Å². The van der Waals surface area contributed by atoms with Gasteiger partial charge in [0.25, 0.3) is 0 Å². The van der Waals surface area contributed by atoms with Crippen molar-refractivity contribution in [3.8, 4) is 0 Å². The van der Waals surface area contributed by atoms with E-state index in [0.717, 1.165) is 0 Å². The summed E-state index contributed by atoms with van der Waals surface area (Å²) in [5.41, 5.74) is 5.08. The Hall–Kier alpha value is -0.310. The Kier molecular flexibility index (Phi) is 1.93. The highest BCUT2D eigenvalue weighted by Gasteiger charge is 1.88. The molecule has 0 aromatic heterocycles. The molecule has 0 amide bonds. The predicted octanol–water partition coefficient (Wildman–Crippen LogP) is 0.228. The third kappa shape index (κ3) is 5.69. The summed E-state index contributed by atoms with van der Waals surface area (Å²) < 4.78 is 7.18. The molecule has 0 spiro atoms. The SMILES string of the molecule is [3H]C(C)(C)NC(N)=S. The maximum atomic E-state index is 7.18. The summed E-state index contributed by atoms with van der Waals surface area (Å²) in [7, 11) is 0. The highest BCUT2D eigenvalue weighted by Crippen LogP contribution is 1.72. The molecule has 0 saturated heterocycles. The van der Waals surface area contributed by atoms with Crippen LogP contribution in [-0.2, 0) is 0 Å². The fourth-order valence-corrected chi connectivity index (χ4v) is 0.451. The highest BCUT2D eigenvalue weighted by molar-refractivity contribution is 7.80. The first-order valence-corrected chi connectivity index (χ1v) is 2.40. The topological polar surface area (TPSA) is 38.0 Å². The van der Waals surface area contributed by atoms with Crippen LogP contribution in [0.25, 0.3) is 0 Å². The number of nitrogens with one attached hydrogen (secondary N) is 1.